The molecule has 1 rings (SSSR count). The Labute approximate surface area is 93.0 Å². The second-order valence-electron chi connectivity index (χ2n) is 2.94. The fourth-order valence-electron chi connectivity index (χ4n) is 1.07. The monoisotopic (exact) mass is 246 g/mol. The average molecular weight is 246 g/mol. The van der Waals surface area contributed by atoms with Crippen LogP contribution in [0.4, 0.5) is 5.69 Å². The van der Waals surface area contributed by atoms with Gasteiger partial charge in [-0.25, -0.2) is 0 Å². The van der Waals surface area contributed by atoms with Crippen LogP contribution in [0.15, 0.2) is 23.1 Å². The molecule has 5 nitrogen and oxygen atoms in total. The van der Waals surface area contributed by atoms with Crippen molar-refractivity contribution in [2.45, 2.75) is 11.8 Å². The summed E-state index contributed by atoms with van der Waals surface area (Å²) in [4.78, 5) is -0.159. The average Bonchev–Trinajstić information content (AvgIpc) is 2.05. The van der Waals surface area contributed by atoms with Crippen LogP contribution < -0.4 is 11.1 Å². The Morgan fingerprint density at radius 1 is 1.53 bits per heavy atom. The van der Waals surface area contributed by atoms with Crippen molar-refractivity contribution in [3.63, 3.8) is 0 Å². The van der Waals surface area contributed by atoms with Gasteiger partial charge in [0.15, 0.2) is 5.11 Å². The number of anilines is 1. The zero-order valence-electron chi connectivity index (χ0n) is 7.89. The summed E-state index contributed by atoms with van der Waals surface area (Å²) in [6, 6.07) is 4.08. The first-order chi connectivity index (χ1) is 6.80. The van der Waals surface area contributed by atoms with E-state index in [1.165, 1.54) is 18.2 Å². The predicted molar refractivity (Wildman–Crippen MR) is 61.4 cm³/mol. The van der Waals surface area contributed by atoms with E-state index in [1.54, 1.807) is 6.92 Å². The molecule has 0 fully saturated rings. The predicted octanol–water partition coefficient (Wildman–Crippen LogP) is 0.897. The summed E-state index contributed by atoms with van der Waals surface area (Å²) in [5.41, 5.74) is 6.50. The minimum absolute atomic E-state index is 0.0951. The van der Waals surface area contributed by atoms with Gasteiger partial charge in [0.05, 0.1) is 4.90 Å². The van der Waals surface area contributed by atoms with Crippen molar-refractivity contribution in [3.05, 3.63) is 23.8 Å². The molecule has 1 aromatic carbocycles. The van der Waals surface area contributed by atoms with Crippen LogP contribution in [-0.4, -0.2) is 18.1 Å². The van der Waals surface area contributed by atoms with Gasteiger partial charge in [0.1, 0.15) is 0 Å². The Kier molecular flexibility index (Phi) is 3.28. The largest absolute Gasteiger partial charge is 0.376 e. The van der Waals surface area contributed by atoms with Gasteiger partial charge in [-0.1, -0.05) is 0 Å². The van der Waals surface area contributed by atoms with Gasteiger partial charge in [-0.3, -0.25) is 4.55 Å². The number of rotatable bonds is 2. The van der Waals surface area contributed by atoms with Crippen molar-refractivity contribution in [1.29, 1.82) is 0 Å². The van der Waals surface area contributed by atoms with Gasteiger partial charge >= 0.3 is 0 Å². The van der Waals surface area contributed by atoms with Gasteiger partial charge in [-0.05, 0) is 42.9 Å². The Morgan fingerprint density at radius 3 is 2.53 bits per heavy atom. The molecule has 0 saturated carbocycles. The lowest BCUT2D eigenvalue weighted by atomic mass is 10.2. The Balaban J connectivity index is 3.15. The number of nitrogens with one attached hydrogen (secondary N) is 1. The third kappa shape index (κ3) is 3.15. The van der Waals surface area contributed by atoms with Gasteiger partial charge in [-0.15, -0.1) is 0 Å². The molecule has 4 N–H and O–H groups in total. The Hall–Kier alpha value is -1.18. The molecule has 7 heteroatoms. The molecule has 1 aromatic rings. The number of thiocarbonyl (C=S) groups is 1. The first kappa shape index (κ1) is 11.9. The van der Waals surface area contributed by atoms with Crippen LogP contribution in [-0.2, 0) is 10.1 Å². The lowest BCUT2D eigenvalue weighted by Gasteiger charge is -2.08. The number of hydrogen-bond acceptors (Lipinski definition) is 3. The van der Waals surface area contributed by atoms with E-state index in [0.717, 1.165) is 0 Å². The zero-order chi connectivity index (χ0) is 11.6. The van der Waals surface area contributed by atoms with E-state index in [1.807, 2.05) is 0 Å². The second kappa shape index (κ2) is 4.13. The molecule has 0 aliphatic rings. The maximum Gasteiger partial charge on any atom is 0.294 e. The van der Waals surface area contributed by atoms with Gasteiger partial charge in [0.2, 0.25) is 0 Å². The van der Waals surface area contributed by atoms with Crippen molar-refractivity contribution in [3.8, 4) is 0 Å². The molecule has 82 valence electrons. The summed E-state index contributed by atoms with van der Waals surface area (Å²) < 4.78 is 30.4. The van der Waals surface area contributed by atoms with Crippen LogP contribution in [0.2, 0.25) is 0 Å². The highest BCUT2D eigenvalue weighted by atomic mass is 32.2. The van der Waals surface area contributed by atoms with Crippen LogP contribution in [0.3, 0.4) is 0 Å². The molecule has 0 bridgehead atoms. The zero-order valence-corrected chi connectivity index (χ0v) is 9.52. The first-order valence-corrected chi connectivity index (χ1v) is 5.80. The number of benzene rings is 1. The standard InChI is InChI=1S/C8H10N2O3S2/c1-5-4-6(15(11,12)13)2-3-7(5)10-8(9)14/h2-4H,1H3,(H3,9,10,14)(H,11,12,13). The minimum Gasteiger partial charge on any atom is -0.376 e. The molecule has 0 radical (unpaired) electrons. The number of hydrogen-bond donors (Lipinski definition) is 3. The topological polar surface area (TPSA) is 92.4 Å². The van der Waals surface area contributed by atoms with E-state index in [-0.39, 0.29) is 10.0 Å². The van der Waals surface area contributed by atoms with Gasteiger partial charge in [0, 0.05) is 5.69 Å². The molecular weight excluding hydrogens is 236 g/mol. The molecule has 0 aliphatic heterocycles. The molecule has 0 unspecified atom stereocenters. The summed E-state index contributed by atoms with van der Waals surface area (Å²) in [5.74, 6) is 0. The van der Waals surface area contributed by atoms with E-state index in [9.17, 15) is 8.42 Å². The van der Waals surface area contributed by atoms with Crippen molar-refractivity contribution >= 4 is 33.1 Å². The highest BCUT2D eigenvalue weighted by molar-refractivity contribution is 7.85. The van der Waals surface area contributed by atoms with Gasteiger partial charge < -0.3 is 11.1 Å². The van der Waals surface area contributed by atoms with E-state index < -0.39 is 10.1 Å². The van der Waals surface area contributed by atoms with Crippen LogP contribution in [0.25, 0.3) is 0 Å². The van der Waals surface area contributed by atoms with Crippen molar-refractivity contribution in [2.24, 2.45) is 5.73 Å². The fraction of sp³-hybridized carbons (Fsp3) is 0.125. The third-order valence-electron chi connectivity index (χ3n) is 1.75. The summed E-state index contributed by atoms with van der Waals surface area (Å²) in [6.45, 7) is 1.68. The molecule has 0 aromatic heterocycles. The number of aryl methyl sites for hydroxylation is 1. The van der Waals surface area contributed by atoms with Crippen molar-refractivity contribution < 1.29 is 13.0 Å². The molecule has 0 heterocycles. The lowest BCUT2D eigenvalue weighted by Crippen LogP contribution is -2.19. The summed E-state index contributed by atoms with van der Waals surface area (Å²) in [5, 5.41) is 2.78. The van der Waals surface area contributed by atoms with E-state index in [2.05, 4.69) is 17.5 Å². The molecular formula is C8H10N2O3S2. The van der Waals surface area contributed by atoms with Crippen LogP contribution >= 0.6 is 12.2 Å². The Bertz CT molecular complexity index is 497. The van der Waals surface area contributed by atoms with Crippen LogP contribution in [0.1, 0.15) is 5.56 Å². The minimum atomic E-state index is -4.16. The quantitative estimate of drug-likeness (QED) is 0.530. The molecule has 0 amide bonds. The van der Waals surface area contributed by atoms with Crippen molar-refractivity contribution in [2.75, 3.05) is 5.32 Å². The normalized spacial score (nSPS) is 11.1. The maximum atomic E-state index is 10.8. The maximum absolute atomic E-state index is 10.8. The second-order valence-corrected chi connectivity index (χ2v) is 4.80. The summed E-state index contributed by atoms with van der Waals surface area (Å²) in [6.07, 6.45) is 0. The highest BCUT2D eigenvalue weighted by Gasteiger charge is 2.10. The number of nitrogens with two attached hydrogens (primary N) is 1. The molecule has 0 spiro atoms. The lowest BCUT2D eigenvalue weighted by molar-refractivity contribution is 0.483. The molecule has 0 aliphatic carbocycles. The molecule has 15 heavy (non-hydrogen) atoms. The van der Waals surface area contributed by atoms with E-state index in [4.69, 9.17) is 10.3 Å². The highest BCUT2D eigenvalue weighted by Crippen LogP contribution is 2.19. The van der Waals surface area contributed by atoms with Gasteiger partial charge in [0.25, 0.3) is 10.1 Å². The molecule has 0 atom stereocenters. The van der Waals surface area contributed by atoms with Gasteiger partial charge in [-0.2, -0.15) is 8.42 Å². The third-order valence-corrected chi connectivity index (χ3v) is 2.71. The summed E-state index contributed by atoms with van der Waals surface area (Å²) >= 11 is 4.64. The van der Waals surface area contributed by atoms with E-state index in [0.29, 0.717) is 11.3 Å². The smallest absolute Gasteiger partial charge is 0.294 e. The fourth-order valence-corrected chi connectivity index (χ4v) is 1.75. The summed E-state index contributed by atoms with van der Waals surface area (Å²) in [7, 11) is -4.16. The van der Waals surface area contributed by atoms with Crippen LogP contribution in [0, 0.1) is 6.92 Å². The first-order valence-electron chi connectivity index (χ1n) is 3.95. The molecule has 0 saturated heterocycles. The van der Waals surface area contributed by atoms with Crippen LogP contribution in [0.5, 0.6) is 0 Å². The SMILES string of the molecule is Cc1cc(S(=O)(=O)O)ccc1NC(N)=S. The Morgan fingerprint density at radius 2 is 2.13 bits per heavy atom. The van der Waals surface area contributed by atoms with E-state index >= 15 is 0 Å². The van der Waals surface area contributed by atoms with Crippen molar-refractivity contribution in [1.82, 2.24) is 0 Å².